The summed E-state index contributed by atoms with van der Waals surface area (Å²) in [6.07, 6.45) is 0. The molecule has 0 unspecified atom stereocenters. The van der Waals surface area contributed by atoms with Crippen molar-refractivity contribution >= 4 is 29.1 Å². The Morgan fingerprint density at radius 2 is 2.12 bits per heavy atom. The largest absolute Gasteiger partial charge is 0.477 e. The van der Waals surface area contributed by atoms with E-state index in [1.807, 2.05) is 12.1 Å². The highest BCUT2D eigenvalue weighted by atomic mass is 32.2. The van der Waals surface area contributed by atoms with Crippen LogP contribution < -0.4 is 0 Å². The van der Waals surface area contributed by atoms with Gasteiger partial charge in [-0.3, -0.25) is 0 Å². The number of thiophene rings is 1. The molecule has 1 aliphatic rings. The van der Waals surface area contributed by atoms with Crippen LogP contribution in [-0.4, -0.2) is 11.1 Å². The second kappa shape index (κ2) is 3.64. The average Bonchev–Trinajstić information content (AvgIpc) is 2.73. The molecule has 2 heterocycles. The first-order chi connectivity index (χ1) is 7.75. The Bertz CT molecular complexity index is 572. The summed E-state index contributed by atoms with van der Waals surface area (Å²) in [5.74, 6) is 0.0396. The van der Waals surface area contributed by atoms with Crippen LogP contribution >= 0.6 is 23.1 Å². The molecule has 0 bridgehead atoms. The number of rotatable bonds is 1. The Labute approximate surface area is 101 Å². The first kappa shape index (κ1) is 9.93. The summed E-state index contributed by atoms with van der Waals surface area (Å²) < 4.78 is 0. The van der Waals surface area contributed by atoms with Crippen LogP contribution in [0.3, 0.4) is 0 Å². The smallest absolute Gasteiger partial charge is 0.345 e. The zero-order valence-corrected chi connectivity index (χ0v) is 9.90. The zero-order chi connectivity index (χ0) is 11.1. The SMILES string of the molecule is O=C(O)c1cc2c(s1)-c1ccccc1SC2. The van der Waals surface area contributed by atoms with Gasteiger partial charge in [0.2, 0.25) is 0 Å². The monoisotopic (exact) mass is 248 g/mol. The molecule has 2 nitrogen and oxygen atoms in total. The minimum Gasteiger partial charge on any atom is -0.477 e. The van der Waals surface area contributed by atoms with Gasteiger partial charge in [-0.2, -0.15) is 0 Å². The van der Waals surface area contributed by atoms with E-state index in [0.717, 1.165) is 16.2 Å². The molecule has 4 heteroatoms. The van der Waals surface area contributed by atoms with E-state index in [-0.39, 0.29) is 0 Å². The third kappa shape index (κ3) is 1.45. The van der Waals surface area contributed by atoms with Crippen LogP contribution in [0.1, 0.15) is 15.2 Å². The fourth-order valence-electron chi connectivity index (χ4n) is 1.80. The van der Waals surface area contributed by atoms with Gasteiger partial charge in [0, 0.05) is 21.1 Å². The van der Waals surface area contributed by atoms with Gasteiger partial charge in [0.1, 0.15) is 4.88 Å². The molecule has 0 saturated carbocycles. The van der Waals surface area contributed by atoms with E-state index >= 15 is 0 Å². The van der Waals surface area contributed by atoms with Crippen LogP contribution in [0.4, 0.5) is 0 Å². The van der Waals surface area contributed by atoms with Crippen molar-refractivity contribution in [3.8, 4) is 10.4 Å². The lowest BCUT2D eigenvalue weighted by molar-refractivity contribution is 0.0702. The second-order valence-electron chi connectivity index (χ2n) is 3.56. The molecule has 0 atom stereocenters. The minimum atomic E-state index is -0.832. The number of carbonyl (C=O) groups is 1. The fraction of sp³-hybridized carbons (Fsp3) is 0.0833. The Kier molecular flexibility index (Phi) is 2.26. The fourth-order valence-corrected chi connectivity index (χ4v) is 4.06. The Morgan fingerprint density at radius 3 is 2.94 bits per heavy atom. The number of carboxylic acid groups (broad SMARTS) is 1. The van der Waals surface area contributed by atoms with Crippen molar-refractivity contribution in [2.45, 2.75) is 10.6 Å². The molecule has 0 amide bonds. The predicted octanol–water partition coefficient (Wildman–Crippen LogP) is 3.72. The molecule has 80 valence electrons. The molecule has 1 aliphatic heterocycles. The Morgan fingerprint density at radius 1 is 1.31 bits per heavy atom. The van der Waals surface area contributed by atoms with Crippen LogP contribution in [0.15, 0.2) is 35.2 Å². The topological polar surface area (TPSA) is 37.3 Å². The van der Waals surface area contributed by atoms with Crippen LogP contribution in [0.5, 0.6) is 0 Å². The summed E-state index contributed by atoms with van der Waals surface area (Å²) in [6.45, 7) is 0. The number of aromatic carboxylic acids is 1. The van der Waals surface area contributed by atoms with Crippen molar-refractivity contribution in [3.05, 3.63) is 40.8 Å². The van der Waals surface area contributed by atoms with Crippen LogP contribution in [-0.2, 0) is 5.75 Å². The number of benzene rings is 1. The summed E-state index contributed by atoms with van der Waals surface area (Å²) in [6, 6.07) is 9.95. The molecule has 1 N–H and O–H groups in total. The maximum Gasteiger partial charge on any atom is 0.345 e. The Balaban J connectivity index is 2.20. The van der Waals surface area contributed by atoms with Gasteiger partial charge >= 0.3 is 5.97 Å². The van der Waals surface area contributed by atoms with E-state index in [9.17, 15) is 4.79 Å². The molecule has 0 radical (unpaired) electrons. The molecule has 0 fully saturated rings. The Hall–Kier alpha value is -1.26. The van der Waals surface area contributed by atoms with Crippen molar-refractivity contribution in [1.82, 2.24) is 0 Å². The predicted molar refractivity (Wildman–Crippen MR) is 66.3 cm³/mol. The third-order valence-corrected chi connectivity index (χ3v) is 4.86. The molecule has 0 spiro atoms. The van der Waals surface area contributed by atoms with Crippen molar-refractivity contribution < 1.29 is 9.90 Å². The first-order valence-electron chi connectivity index (χ1n) is 4.84. The number of hydrogen-bond acceptors (Lipinski definition) is 3. The van der Waals surface area contributed by atoms with Crippen molar-refractivity contribution in [2.24, 2.45) is 0 Å². The highest BCUT2D eigenvalue weighted by Crippen LogP contribution is 2.45. The highest BCUT2D eigenvalue weighted by Gasteiger charge is 2.21. The highest BCUT2D eigenvalue weighted by molar-refractivity contribution is 7.98. The van der Waals surface area contributed by atoms with E-state index in [0.29, 0.717) is 4.88 Å². The summed E-state index contributed by atoms with van der Waals surface area (Å²) in [5, 5.41) is 8.99. The van der Waals surface area contributed by atoms with Gasteiger partial charge in [-0.25, -0.2) is 4.79 Å². The third-order valence-electron chi connectivity index (χ3n) is 2.53. The average molecular weight is 248 g/mol. The van der Waals surface area contributed by atoms with Gasteiger partial charge < -0.3 is 5.11 Å². The normalized spacial score (nSPS) is 13.0. The van der Waals surface area contributed by atoms with Crippen molar-refractivity contribution in [2.75, 3.05) is 0 Å². The maximum atomic E-state index is 10.9. The number of thioether (sulfide) groups is 1. The van der Waals surface area contributed by atoms with Gasteiger partial charge in [-0.1, -0.05) is 18.2 Å². The van der Waals surface area contributed by atoms with E-state index in [4.69, 9.17) is 5.11 Å². The first-order valence-corrected chi connectivity index (χ1v) is 6.64. The van der Waals surface area contributed by atoms with Gasteiger partial charge in [0.05, 0.1) is 0 Å². The van der Waals surface area contributed by atoms with E-state index < -0.39 is 5.97 Å². The standard InChI is InChI=1S/C12H8O2S2/c13-12(14)10-5-7-6-15-9-4-2-1-3-8(9)11(7)16-10/h1-5H,6H2,(H,13,14). The van der Waals surface area contributed by atoms with E-state index in [1.54, 1.807) is 17.8 Å². The maximum absolute atomic E-state index is 10.9. The van der Waals surface area contributed by atoms with Gasteiger partial charge in [0.25, 0.3) is 0 Å². The molecule has 1 aromatic heterocycles. The van der Waals surface area contributed by atoms with Gasteiger partial charge in [-0.05, 0) is 17.7 Å². The van der Waals surface area contributed by atoms with Crippen LogP contribution in [0.2, 0.25) is 0 Å². The lowest BCUT2D eigenvalue weighted by Gasteiger charge is -2.14. The summed E-state index contributed by atoms with van der Waals surface area (Å²) in [4.78, 5) is 13.7. The van der Waals surface area contributed by atoms with Crippen molar-refractivity contribution in [1.29, 1.82) is 0 Å². The zero-order valence-electron chi connectivity index (χ0n) is 8.27. The summed E-state index contributed by atoms with van der Waals surface area (Å²) in [7, 11) is 0. The minimum absolute atomic E-state index is 0.433. The van der Waals surface area contributed by atoms with E-state index in [1.165, 1.54) is 21.8 Å². The number of fused-ring (bicyclic) bond motifs is 3. The molecule has 0 aliphatic carbocycles. The molecule has 1 aromatic carbocycles. The summed E-state index contributed by atoms with van der Waals surface area (Å²) >= 11 is 3.14. The molecule has 0 saturated heterocycles. The quantitative estimate of drug-likeness (QED) is 0.835. The van der Waals surface area contributed by atoms with Crippen LogP contribution in [0.25, 0.3) is 10.4 Å². The molecular weight excluding hydrogens is 240 g/mol. The second-order valence-corrected chi connectivity index (χ2v) is 5.62. The molecule has 3 rings (SSSR count). The summed E-state index contributed by atoms with van der Waals surface area (Å²) in [5.41, 5.74) is 2.32. The van der Waals surface area contributed by atoms with Gasteiger partial charge in [0.15, 0.2) is 0 Å². The lowest BCUT2D eigenvalue weighted by atomic mass is 10.1. The molecule has 2 aromatic rings. The number of carboxylic acids is 1. The van der Waals surface area contributed by atoms with Crippen molar-refractivity contribution in [3.63, 3.8) is 0 Å². The lowest BCUT2D eigenvalue weighted by Crippen LogP contribution is -1.91. The number of hydrogen-bond donors (Lipinski definition) is 1. The van der Waals surface area contributed by atoms with E-state index in [2.05, 4.69) is 12.1 Å². The molecular formula is C12H8O2S2. The van der Waals surface area contributed by atoms with Crippen LogP contribution in [0, 0.1) is 0 Å². The van der Waals surface area contributed by atoms with Gasteiger partial charge in [-0.15, -0.1) is 23.1 Å². The molecule has 16 heavy (non-hydrogen) atoms.